The molecule has 0 radical (unpaired) electrons. The van der Waals surface area contributed by atoms with Gasteiger partial charge in [-0.1, -0.05) is 6.92 Å². The van der Waals surface area contributed by atoms with Gasteiger partial charge in [-0.3, -0.25) is 0 Å². The Morgan fingerprint density at radius 3 is 2.87 bits per heavy atom. The number of ether oxygens (including phenoxy) is 1. The first-order valence-corrected chi connectivity index (χ1v) is 4.80. The van der Waals surface area contributed by atoms with Crippen molar-refractivity contribution in [2.24, 2.45) is 0 Å². The van der Waals surface area contributed by atoms with E-state index in [9.17, 15) is 9.90 Å². The van der Waals surface area contributed by atoms with E-state index in [1.54, 1.807) is 6.07 Å². The SMILES string of the molecule is CCNCc1cc(C(=O)OC)ccc1O. The molecule has 0 saturated heterocycles. The Balaban J connectivity index is 2.89. The van der Waals surface area contributed by atoms with Crippen molar-refractivity contribution < 1.29 is 14.6 Å². The molecule has 0 fully saturated rings. The van der Waals surface area contributed by atoms with Gasteiger partial charge in [0.1, 0.15) is 5.75 Å². The summed E-state index contributed by atoms with van der Waals surface area (Å²) < 4.78 is 4.59. The maximum Gasteiger partial charge on any atom is 0.337 e. The number of nitrogens with one attached hydrogen (secondary N) is 1. The van der Waals surface area contributed by atoms with Crippen molar-refractivity contribution in [1.29, 1.82) is 0 Å². The third kappa shape index (κ3) is 2.95. The number of hydrogen-bond donors (Lipinski definition) is 2. The zero-order chi connectivity index (χ0) is 11.3. The zero-order valence-electron chi connectivity index (χ0n) is 8.91. The Kier molecular flexibility index (Phi) is 4.12. The molecule has 0 saturated carbocycles. The molecular formula is C11H15NO3. The number of esters is 1. The van der Waals surface area contributed by atoms with E-state index in [1.807, 2.05) is 6.92 Å². The molecule has 1 rings (SSSR count). The fourth-order valence-corrected chi connectivity index (χ4v) is 1.23. The summed E-state index contributed by atoms with van der Waals surface area (Å²) in [6, 6.07) is 4.67. The number of rotatable bonds is 4. The second-order valence-electron chi connectivity index (χ2n) is 3.12. The molecular weight excluding hydrogens is 194 g/mol. The van der Waals surface area contributed by atoms with Gasteiger partial charge in [-0.15, -0.1) is 0 Å². The van der Waals surface area contributed by atoms with Crippen molar-refractivity contribution in [3.63, 3.8) is 0 Å². The van der Waals surface area contributed by atoms with Gasteiger partial charge in [0.25, 0.3) is 0 Å². The molecule has 0 spiro atoms. The number of aromatic hydroxyl groups is 1. The summed E-state index contributed by atoms with van der Waals surface area (Å²) in [5.41, 5.74) is 1.14. The summed E-state index contributed by atoms with van der Waals surface area (Å²) in [6.07, 6.45) is 0. The lowest BCUT2D eigenvalue weighted by atomic mass is 10.1. The Morgan fingerprint density at radius 1 is 1.53 bits per heavy atom. The summed E-state index contributed by atoms with van der Waals surface area (Å²) in [6.45, 7) is 3.32. The Hall–Kier alpha value is -1.55. The number of benzene rings is 1. The van der Waals surface area contributed by atoms with Gasteiger partial charge in [0.15, 0.2) is 0 Å². The van der Waals surface area contributed by atoms with E-state index in [-0.39, 0.29) is 5.75 Å². The highest BCUT2D eigenvalue weighted by molar-refractivity contribution is 5.89. The number of hydrogen-bond acceptors (Lipinski definition) is 4. The molecule has 4 nitrogen and oxygen atoms in total. The van der Waals surface area contributed by atoms with Crippen molar-refractivity contribution in [1.82, 2.24) is 5.32 Å². The van der Waals surface area contributed by atoms with Crippen LogP contribution in [0, 0.1) is 0 Å². The quantitative estimate of drug-likeness (QED) is 0.733. The first kappa shape index (κ1) is 11.5. The second-order valence-corrected chi connectivity index (χ2v) is 3.12. The number of phenols is 1. The summed E-state index contributed by atoms with van der Waals surface area (Å²) in [7, 11) is 1.33. The molecule has 0 bridgehead atoms. The lowest BCUT2D eigenvalue weighted by molar-refractivity contribution is 0.0600. The fraction of sp³-hybridized carbons (Fsp3) is 0.364. The minimum absolute atomic E-state index is 0.184. The standard InChI is InChI=1S/C11H15NO3/c1-3-12-7-9-6-8(11(14)15-2)4-5-10(9)13/h4-6,12-13H,3,7H2,1-2H3. The maximum absolute atomic E-state index is 11.2. The molecule has 0 aliphatic rings. The van der Waals surface area contributed by atoms with E-state index in [0.29, 0.717) is 17.7 Å². The molecule has 0 heterocycles. The minimum atomic E-state index is -0.396. The van der Waals surface area contributed by atoms with E-state index >= 15 is 0 Å². The van der Waals surface area contributed by atoms with Crippen molar-refractivity contribution in [3.05, 3.63) is 29.3 Å². The topological polar surface area (TPSA) is 58.6 Å². The average Bonchev–Trinajstić information content (AvgIpc) is 2.27. The van der Waals surface area contributed by atoms with Gasteiger partial charge in [-0.2, -0.15) is 0 Å². The van der Waals surface area contributed by atoms with Crippen LogP contribution in [0.4, 0.5) is 0 Å². The molecule has 0 unspecified atom stereocenters. The highest BCUT2D eigenvalue weighted by Crippen LogP contribution is 2.18. The highest BCUT2D eigenvalue weighted by atomic mass is 16.5. The average molecular weight is 209 g/mol. The minimum Gasteiger partial charge on any atom is -0.508 e. The van der Waals surface area contributed by atoms with Gasteiger partial charge in [0, 0.05) is 12.1 Å². The number of carbonyl (C=O) groups is 1. The lowest BCUT2D eigenvalue weighted by Crippen LogP contribution is -2.12. The Labute approximate surface area is 88.9 Å². The zero-order valence-corrected chi connectivity index (χ0v) is 8.91. The maximum atomic E-state index is 11.2. The van der Waals surface area contributed by atoms with Crippen molar-refractivity contribution in [2.75, 3.05) is 13.7 Å². The lowest BCUT2D eigenvalue weighted by Gasteiger charge is -2.07. The number of carbonyl (C=O) groups excluding carboxylic acids is 1. The third-order valence-corrected chi connectivity index (χ3v) is 2.07. The second kappa shape index (κ2) is 5.36. The van der Waals surface area contributed by atoms with Crippen molar-refractivity contribution >= 4 is 5.97 Å². The fourth-order valence-electron chi connectivity index (χ4n) is 1.23. The van der Waals surface area contributed by atoms with E-state index in [1.165, 1.54) is 19.2 Å². The van der Waals surface area contributed by atoms with Gasteiger partial charge in [0.05, 0.1) is 12.7 Å². The summed E-state index contributed by atoms with van der Waals surface area (Å²) in [5, 5.41) is 12.6. The van der Waals surface area contributed by atoms with Crippen LogP contribution in [0.15, 0.2) is 18.2 Å². The van der Waals surface area contributed by atoms with Crippen LogP contribution in [-0.4, -0.2) is 24.7 Å². The van der Waals surface area contributed by atoms with E-state index in [0.717, 1.165) is 6.54 Å². The monoisotopic (exact) mass is 209 g/mol. The predicted octanol–water partition coefficient (Wildman–Crippen LogP) is 1.29. The first-order chi connectivity index (χ1) is 7.19. The normalized spacial score (nSPS) is 10.0. The van der Waals surface area contributed by atoms with Crippen LogP contribution < -0.4 is 5.32 Å². The molecule has 2 N–H and O–H groups in total. The van der Waals surface area contributed by atoms with Gasteiger partial charge in [-0.05, 0) is 24.7 Å². The molecule has 0 aliphatic carbocycles. The molecule has 0 aromatic heterocycles. The smallest absolute Gasteiger partial charge is 0.337 e. The van der Waals surface area contributed by atoms with Crippen LogP contribution in [0.25, 0.3) is 0 Å². The predicted molar refractivity (Wildman–Crippen MR) is 56.8 cm³/mol. The Morgan fingerprint density at radius 2 is 2.27 bits per heavy atom. The number of phenolic OH excluding ortho intramolecular Hbond substituents is 1. The van der Waals surface area contributed by atoms with Crippen LogP contribution in [0.1, 0.15) is 22.8 Å². The van der Waals surface area contributed by atoms with Crippen molar-refractivity contribution in [2.45, 2.75) is 13.5 Å². The molecule has 4 heteroatoms. The molecule has 82 valence electrons. The van der Waals surface area contributed by atoms with Gasteiger partial charge >= 0.3 is 5.97 Å². The van der Waals surface area contributed by atoms with E-state index < -0.39 is 5.97 Å². The third-order valence-electron chi connectivity index (χ3n) is 2.07. The van der Waals surface area contributed by atoms with Gasteiger partial charge in [-0.25, -0.2) is 4.79 Å². The summed E-state index contributed by atoms with van der Waals surface area (Å²) in [5.74, 6) is -0.212. The van der Waals surface area contributed by atoms with Gasteiger partial charge in [0.2, 0.25) is 0 Å². The van der Waals surface area contributed by atoms with Gasteiger partial charge < -0.3 is 15.2 Å². The summed E-state index contributed by atoms with van der Waals surface area (Å²) >= 11 is 0. The van der Waals surface area contributed by atoms with E-state index in [4.69, 9.17) is 0 Å². The molecule has 0 aliphatic heterocycles. The molecule has 1 aromatic rings. The van der Waals surface area contributed by atoms with Crippen LogP contribution >= 0.6 is 0 Å². The Bertz CT molecular complexity index is 350. The van der Waals surface area contributed by atoms with E-state index in [2.05, 4.69) is 10.1 Å². The van der Waals surface area contributed by atoms with Crippen LogP contribution in [0.3, 0.4) is 0 Å². The molecule has 0 amide bonds. The molecule has 0 atom stereocenters. The van der Waals surface area contributed by atoms with Crippen molar-refractivity contribution in [3.8, 4) is 5.75 Å². The summed E-state index contributed by atoms with van der Waals surface area (Å²) in [4.78, 5) is 11.2. The number of methoxy groups -OCH3 is 1. The molecule has 15 heavy (non-hydrogen) atoms. The van der Waals surface area contributed by atoms with Crippen LogP contribution in [0.2, 0.25) is 0 Å². The largest absolute Gasteiger partial charge is 0.508 e. The van der Waals surface area contributed by atoms with Crippen LogP contribution in [-0.2, 0) is 11.3 Å². The highest BCUT2D eigenvalue weighted by Gasteiger charge is 2.08. The van der Waals surface area contributed by atoms with Crippen LogP contribution in [0.5, 0.6) is 5.75 Å². The first-order valence-electron chi connectivity index (χ1n) is 4.80. The molecule has 1 aromatic carbocycles.